The number of rotatable bonds is 4. The molecule has 5 heteroatoms. The lowest BCUT2D eigenvalue weighted by Crippen LogP contribution is -2.09. The van der Waals surface area contributed by atoms with Gasteiger partial charge in [-0.15, -0.1) is 0 Å². The molecule has 2 rings (SSSR count). The van der Waals surface area contributed by atoms with Crippen molar-refractivity contribution in [1.29, 1.82) is 0 Å². The van der Waals surface area contributed by atoms with Gasteiger partial charge in [0.15, 0.2) is 0 Å². The third kappa shape index (κ3) is 3.05. The molecule has 1 N–H and O–H groups in total. The first-order valence-electron chi connectivity index (χ1n) is 5.99. The van der Waals surface area contributed by atoms with Crippen LogP contribution in [0.4, 0.5) is 5.82 Å². The molecular formula is C12H18IN3S. The van der Waals surface area contributed by atoms with Crippen LogP contribution in [0.3, 0.4) is 0 Å². The van der Waals surface area contributed by atoms with Gasteiger partial charge in [0, 0.05) is 13.0 Å². The maximum absolute atomic E-state index is 4.77. The van der Waals surface area contributed by atoms with Gasteiger partial charge in [-0.25, -0.2) is 9.97 Å². The van der Waals surface area contributed by atoms with E-state index in [1.807, 2.05) is 7.05 Å². The van der Waals surface area contributed by atoms with Crippen molar-refractivity contribution in [1.82, 2.24) is 9.97 Å². The van der Waals surface area contributed by atoms with Crippen molar-refractivity contribution in [3.8, 4) is 0 Å². The molecule has 0 aromatic carbocycles. The van der Waals surface area contributed by atoms with Gasteiger partial charge in [-0.1, -0.05) is 12.8 Å². The molecule has 0 bridgehead atoms. The van der Waals surface area contributed by atoms with Crippen molar-refractivity contribution in [2.24, 2.45) is 0 Å². The largest absolute Gasteiger partial charge is 0.372 e. The molecule has 0 saturated heterocycles. The molecule has 0 atom stereocenters. The fraction of sp³-hybridized carbons (Fsp3) is 0.667. The zero-order chi connectivity index (χ0) is 12.3. The second-order valence-corrected chi connectivity index (χ2v) is 6.30. The van der Waals surface area contributed by atoms with Gasteiger partial charge in [0.2, 0.25) is 0 Å². The van der Waals surface area contributed by atoms with Crippen LogP contribution in [-0.2, 0) is 5.75 Å². The molecule has 1 aliphatic carbocycles. The second kappa shape index (κ2) is 6.22. The minimum Gasteiger partial charge on any atom is -0.372 e. The molecule has 1 aliphatic rings. The number of anilines is 1. The summed E-state index contributed by atoms with van der Waals surface area (Å²) in [5.74, 6) is 3.50. The van der Waals surface area contributed by atoms with Crippen LogP contribution in [0, 0.1) is 3.57 Å². The molecule has 17 heavy (non-hydrogen) atoms. The summed E-state index contributed by atoms with van der Waals surface area (Å²) in [5.41, 5.74) is 1.27. The molecule has 0 spiro atoms. The average Bonchev–Trinajstić information content (AvgIpc) is 2.85. The van der Waals surface area contributed by atoms with E-state index in [-0.39, 0.29) is 0 Å². The molecule has 0 aliphatic heterocycles. The highest BCUT2D eigenvalue weighted by atomic mass is 127. The summed E-state index contributed by atoms with van der Waals surface area (Å²) in [6.07, 6.45) is 7.36. The molecule has 1 saturated carbocycles. The summed E-state index contributed by atoms with van der Waals surface area (Å²) in [6.45, 7) is 0. The second-order valence-electron chi connectivity index (χ2n) is 4.35. The maximum Gasteiger partial charge on any atom is 0.143 e. The SMILES string of the molecule is CNc1nc(CSC)nc(C2CCCC2)c1I. The smallest absolute Gasteiger partial charge is 0.143 e. The van der Waals surface area contributed by atoms with Gasteiger partial charge in [0.1, 0.15) is 11.6 Å². The molecule has 1 aromatic rings. The van der Waals surface area contributed by atoms with E-state index in [1.54, 1.807) is 11.8 Å². The molecule has 0 unspecified atom stereocenters. The predicted octanol–water partition coefficient (Wildman–Crippen LogP) is 3.64. The van der Waals surface area contributed by atoms with Crippen LogP contribution in [0.25, 0.3) is 0 Å². The first kappa shape index (κ1) is 13.4. The Morgan fingerprint density at radius 1 is 1.35 bits per heavy atom. The van der Waals surface area contributed by atoms with E-state index in [1.165, 1.54) is 34.9 Å². The molecule has 1 aromatic heterocycles. The molecule has 0 amide bonds. The van der Waals surface area contributed by atoms with Crippen molar-refractivity contribution >= 4 is 40.2 Å². The van der Waals surface area contributed by atoms with Crippen molar-refractivity contribution < 1.29 is 0 Å². The lowest BCUT2D eigenvalue weighted by atomic mass is 10.0. The Morgan fingerprint density at radius 3 is 2.65 bits per heavy atom. The predicted molar refractivity (Wildman–Crippen MR) is 82.7 cm³/mol. The summed E-state index contributed by atoms with van der Waals surface area (Å²) in [6, 6.07) is 0. The summed E-state index contributed by atoms with van der Waals surface area (Å²) in [4.78, 5) is 9.34. The fourth-order valence-electron chi connectivity index (χ4n) is 2.34. The quantitative estimate of drug-likeness (QED) is 0.829. The molecule has 3 nitrogen and oxygen atoms in total. The first-order valence-corrected chi connectivity index (χ1v) is 8.46. The van der Waals surface area contributed by atoms with Gasteiger partial charge in [-0.2, -0.15) is 11.8 Å². The van der Waals surface area contributed by atoms with Crippen LogP contribution in [0.2, 0.25) is 0 Å². The van der Waals surface area contributed by atoms with Gasteiger partial charge in [-0.05, 0) is 41.7 Å². The zero-order valence-electron chi connectivity index (χ0n) is 10.3. The Labute approximate surface area is 121 Å². The number of hydrogen-bond donors (Lipinski definition) is 1. The van der Waals surface area contributed by atoms with Crippen LogP contribution < -0.4 is 5.32 Å². The summed E-state index contributed by atoms with van der Waals surface area (Å²) in [7, 11) is 1.94. The van der Waals surface area contributed by atoms with Crippen molar-refractivity contribution in [2.45, 2.75) is 37.4 Å². The van der Waals surface area contributed by atoms with Crippen molar-refractivity contribution in [3.05, 3.63) is 15.1 Å². The Hall–Kier alpha value is -0.0400. The first-order chi connectivity index (χ1) is 8.26. The summed E-state index contributed by atoms with van der Waals surface area (Å²) < 4.78 is 1.21. The number of hydrogen-bond acceptors (Lipinski definition) is 4. The van der Waals surface area contributed by atoms with Gasteiger partial charge in [0.05, 0.1) is 15.0 Å². The highest BCUT2D eigenvalue weighted by molar-refractivity contribution is 14.1. The number of aromatic nitrogens is 2. The monoisotopic (exact) mass is 363 g/mol. The highest BCUT2D eigenvalue weighted by Crippen LogP contribution is 2.37. The number of halogens is 1. The van der Waals surface area contributed by atoms with E-state index in [9.17, 15) is 0 Å². The minimum absolute atomic E-state index is 0.651. The van der Waals surface area contributed by atoms with E-state index in [0.717, 1.165) is 17.4 Å². The van der Waals surface area contributed by atoms with Gasteiger partial charge in [0.25, 0.3) is 0 Å². The van der Waals surface area contributed by atoms with Crippen LogP contribution in [-0.4, -0.2) is 23.3 Å². The number of nitrogens with zero attached hydrogens (tertiary/aromatic N) is 2. The maximum atomic E-state index is 4.77. The van der Waals surface area contributed by atoms with Crippen LogP contribution in [0.5, 0.6) is 0 Å². The normalized spacial score (nSPS) is 16.4. The summed E-state index contributed by atoms with van der Waals surface area (Å²) >= 11 is 4.16. The van der Waals surface area contributed by atoms with Gasteiger partial charge < -0.3 is 5.32 Å². The Morgan fingerprint density at radius 2 is 2.06 bits per heavy atom. The molecular weight excluding hydrogens is 345 g/mol. The number of nitrogens with one attached hydrogen (secondary N) is 1. The Balaban J connectivity index is 2.37. The average molecular weight is 363 g/mol. The van der Waals surface area contributed by atoms with Crippen molar-refractivity contribution in [3.63, 3.8) is 0 Å². The number of thioether (sulfide) groups is 1. The standard InChI is InChI=1S/C12H18IN3S/c1-14-12-10(13)11(8-5-3-4-6-8)15-9(16-12)7-17-2/h8H,3-7H2,1-2H3,(H,14,15,16). The van der Waals surface area contributed by atoms with Crippen LogP contribution in [0.1, 0.15) is 43.1 Å². The van der Waals surface area contributed by atoms with Gasteiger partial charge >= 0.3 is 0 Å². The lowest BCUT2D eigenvalue weighted by Gasteiger charge is -2.15. The Bertz CT molecular complexity index is 392. The van der Waals surface area contributed by atoms with E-state index in [4.69, 9.17) is 4.98 Å². The third-order valence-electron chi connectivity index (χ3n) is 3.18. The highest BCUT2D eigenvalue weighted by Gasteiger charge is 2.23. The van der Waals surface area contributed by atoms with E-state index in [0.29, 0.717) is 5.92 Å². The van der Waals surface area contributed by atoms with Crippen LogP contribution in [0.15, 0.2) is 0 Å². The minimum atomic E-state index is 0.651. The molecule has 1 heterocycles. The zero-order valence-corrected chi connectivity index (χ0v) is 13.3. The molecule has 0 radical (unpaired) electrons. The molecule has 94 valence electrons. The van der Waals surface area contributed by atoms with E-state index >= 15 is 0 Å². The Kier molecular flexibility index (Phi) is 4.90. The third-order valence-corrected chi connectivity index (χ3v) is 4.79. The van der Waals surface area contributed by atoms with Crippen LogP contribution >= 0.6 is 34.4 Å². The summed E-state index contributed by atoms with van der Waals surface area (Å²) in [5, 5.41) is 3.19. The van der Waals surface area contributed by atoms with E-state index in [2.05, 4.69) is 39.1 Å². The van der Waals surface area contributed by atoms with E-state index < -0.39 is 0 Å². The fourth-order valence-corrected chi connectivity index (χ4v) is 3.68. The topological polar surface area (TPSA) is 37.8 Å². The molecule has 1 fully saturated rings. The lowest BCUT2D eigenvalue weighted by molar-refractivity contribution is 0.683. The van der Waals surface area contributed by atoms with Crippen molar-refractivity contribution in [2.75, 3.05) is 18.6 Å². The van der Waals surface area contributed by atoms with Gasteiger partial charge in [-0.3, -0.25) is 0 Å².